The zero-order valence-corrected chi connectivity index (χ0v) is 18.7. The number of aryl methyl sites for hydroxylation is 1. The van der Waals surface area contributed by atoms with Crippen LogP contribution in [0.4, 0.5) is 4.39 Å². The van der Waals surface area contributed by atoms with Crippen LogP contribution in [0.25, 0.3) is 16.6 Å². The van der Waals surface area contributed by atoms with E-state index in [4.69, 9.17) is 4.74 Å². The maximum absolute atomic E-state index is 14.1. The summed E-state index contributed by atoms with van der Waals surface area (Å²) in [5.41, 5.74) is 4.42. The molecule has 1 saturated heterocycles. The van der Waals surface area contributed by atoms with Crippen LogP contribution in [0.5, 0.6) is 5.75 Å². The second-order valence-electron chi connectivity index (χ2n) is 10.5. The summed E-state index contributed by atoms with van der Waals surface area (Å²) in [6.07, 6.45) is 4.79. The summed E-state index contributed by atoms with van der Waals surface area (Å²) in [6.45, 7) is 3.18. The smallest absolute Gasteiger partial charge is 0.309 e. The Morgan fingerprint density at radius 1 is 1.15 bits per heavy atom. The number of benzene rings is 2. The summed E-state index contributed by atoms with van der Waals surface area (Å²) in [6, 6.07) is 10.7. The van der Waals surface area contributed by atoms with Gasteiger partial charge in [0.05, 0.1) is 10.9 Å². The molecule has 1 aliphatic heterocycles. The monoisotopic (exact) mass is 449 g/mol. The zero-order chi connectivity index (χ0) is 23.0. The summed E-state index contributed by atoms with van der Waals surface area (Å²) >= 11 is 0. The Kier molecular flexibility index (Phi) is 4.44. The molecule has 3 aromatic rings. The number of aromatic hydroxyl groups is 1. The highest BCUT2D eigenvalue weighted by Gasteiger charge is 2.71. The summed E-state index contributed by atoms with van der Waals surface area (Å²) in [4.78, 5) is 11.7. The van der Waals surface area contributed by atoms with Crippen LogP contribution in [0.1, 0.15) is 54.8 Å². The molecule has 172 valence electrons. The fourth-order valence-corrected chi connectivity index (χ4v) is 6.78. The first-order valence-corrected chi connectivity index (χ1v) is 11.7. The van der Waals surface area contributed by atoms with Crippen LogP contribution in [-0.4, -0.2) is 34.0 Å². The number of aromatic nitrogens is 1. The number of hydrogen-bond donors (Lipinski definition) is 2. The Balaban J connectivity index is 1.54. The van der Waals surface area contributed by atoms with E-state index in [1.807, 2.05) is 24.3 Å². The Bertz CT molecular complexity index is 1270. The van der Waals surface area contributed by atoms with Crippen molar-refractivity contribution in [2.24, 2.45) is 10.8 Å². The van der Waals surface area contributed by atoms with E-state index in [1.165, 1.54) is 17.3 Å². The molecule has 0 amide bonds. The molecule has 6 heteroatoms. The summed E-state index contributed by atoms with van der Waals surface area (Å²) in [5, 5.41) is 21.0. The molecule has 7 rings (SSSR count). The fraction of sp³-hybridized carbons (Fsp3) is 0.444. The number of nitrogens with zero attached hydrogens (tertiary/aromatic N) is 1. The number of aliphatic carboxylic acids is 1. The van der Waals surface area contributed by atoms with E-state index >= 15 is 0 Å². The van der Waals surface area contributed by atoms with Crippen molar-refractivity contribution in [3.63, 3.8) is 0 Å². The third-order valence-electron chi connectivity index (χ3n) is 8.25. The van der Waals surface area contributed by atoms with Gasteiger partial charge in [-0.15, -0.1) is 0 Å². The van der Waals surface area contributed by atoms with Gasteiger partial charge in [0.15, 0.2) is 0 Å². The molecular formula is C27H28FNO4. The molecule has 0 atom stereocenters. The predicted octanol–water partition coefficient (Wildman–Crippen LogP) is 5.48. The molecule has 0 spiro atoms. The zero-order valence-electron chi connectivity index (χ0n) is 18.7. The van der Waals surface area contributed by atoms with E-state index in [9.17, 15) is 19.4 Å². The summed E-state index contributed by atoms with van der Waals surface area (Å²) in [5.74, 6) is -0.395. The molecular weight excluding hydrogens is 421 g/mol. The van der Waals surface area contributed by atoms with Gasteiger partial charge in [0.2, 0.25) is 0 Å². The molecule has 3 saturated carbocycles. The highest BCUT2D eigenvalue weighted by Crippen LogP contribution is 2.74. The number of rotatable bonds is 5. The second-order valence-corrected chi connectivity index (χ2v) is 10.5. The molecule has 2 aromatic carbocycles. The van der Waals surface area contributed by atoms with Crippen LogP contribution < -0.4 is 0 Å². The third-order valence-corrected chi connectivity index (χ3v) is 8.25. The van der Waals surface area contributed by atoms with Gasteiger partial charge in [-0.3, -0.25) is 4.79 Å². The van der Waals surface area contributed by atoms with E-state index in [0.717, 1.165) is 55.1 Å². The van der Waals surface area contributed by atoms with E-state index in [2.05, 4.69) is 4.57 Å². The van der Waals surface area contributed by atoms with Crippen molar-refractivity contribution in [1.82, 2.24) is 4.57 Å². The standard InChI is InChI=1S/C27H28FNO4/c1-16-10-18(2-4-22(16)28)29-23-5-3-19(30)11-20(23)21(24(29)17-6-8-33-9-7-17)12-26-13-27(14-26,15-26)25(31)32/h2-5,10-11,17,30H,6-9,12-15H2,1H3,(H,31,32). The predicted molar refractivity (Wildman–Crippen MR) is 122 cm³/mol. The van der Waals surface area contributed by atoms with Gasteiger partial charge < -0.3 is 19.5 Å². The minimum atomic E-state index is -0.670. The van der Waals surface area contributed by atoms with Gasteiger partial charge in [-0.2, -0.15) is 0 Å². The molecule has 2 N–H and O–H groups in total. The first-order valence-electron chi connectivity index (χ1n) is 11.7. The molecule has 4 fully saturated rings. The van der Waals surface area contributed by atoms with Crippen molar-refractivity contribution in [1.29, 1.82) is 0 Å². The van der Waals surface area contributed by atoms with Crippen molar-refractivity contribution in [3.05, 3.63) is 59.0 Å². The number of carboxylic acids is 1. The molecule has 33 heavy (non-hydrogen) atoms. The number of hydrogen-bond acceptors (Lipinski definition) is 3. The van der Waals surface area contributed by atoms with Crippen LogP contribution >= 0.6 is 0 Å². The maximum Gasteiger partial charge on any atom is 0.309 e. The van der Waals surface area contributed by atoms with Crippen LogP contribution in [0.3, 0.4) is 0 Å². The topological polar surface area (TPSA) is 71.7 Å². The number of phenols is 1. The molecule has 2 heterocycles. The molecule has 5 nitrogen and oxygen atoms in total. The highest BCUT2D eigenvalue weighted by molar-refractivity contribution is 5.89. The summed E-state index contributed by atoms with van der Waals surface area (Å²) in [7, 11) is 0. The molecule has 0 radical (unpaired) electrons. The van der Waals surface area contributed by atoms with Crippen LogP contribution in [0.15, 0.2) is 36.4 Å². The highest BCUT2D eigenvalue weighted by atomic mass is 19.1. The van der Waals surface area contributed by atoms with Crippen LogP contribution in [-0.2, 0) is 16.0 Å². The van der Waals surface area contributed by atoms with Gasteiger partial charge in [-0.05, 0) is 98.4 Å². The maximum atomic E-state index is 14.1. The lowest BCUT2D eigenvalue weighted by Crippen LogP contribution is -2.66. The quantitative estimate of drug-likeness (QED) is 0.541. The molecule has 0 unspecified atom stereocenters. The lowest BCUT2D eigenvalue weighted by atomic mass is 9.34. The van der Waals surface area contributed by atoms with Crippen molar-refractivity contribution >= 4 is 16.9 Å². The van der Waals surface area contributed by atoms with Gasteiger partial charge in [0.25, 0.3) is 0 Å². The lowest BCUT2D eigenvalue weighted by Gasteiger charge is -2.68. The van der Waals surface area contributed by atoms with Gasteiger partial charge in [-0.1, -0.05) is 0 Å². The number of carbonyl (C=O) groups is 1. The number of phenolic OH excluding ortho intramolecular Hbond substituents is 1. The number of carboxylic acid groups (broad SMARTS) is 1. The van der Waals surface area contributed by atoms with Crippen LogP contribution in [0.2, 0.25) is 0 Å². The lowest BCUT2D eigenvalue weighted by molar-refractivity contribution is -0.222. The van der Waals surface area contributed by atoms with Gasteiger partial charge in [0, 0.05) is 35.9 Å². The number of ether oxygens (including phenoxy) is 1. The van der Waals surface area contributed by atoms with Gasteiger partial charge in [0.1, 0.15) is 11.6 Å². The second kappa shape index (κ2) is 7.07. The van der Waals surface area contributed by atoms with Gasteiger partial charge in [-0.25, -0.2) is 4.39 Å². The van der Waals surface area contributed by atoms with E-state index < -0.39 is 11.4 Å². The van der Waals surface area contributed by atoms with Gasteiger partial charge >= 0.3 is 5.97 Å². The van der Waals surface area contributed by atoms with E-state index in [-0.39, 0.29) is 22.9 Å². The first kappa shape index (κ1) is 20.7. The summed E-state index contributed by atoms with van der Waals surface area (Å²) < 4.78 is 22.0. The molecule has 1 aromatic heterocycles. The normalized spacial score (nSPS) is 26.7. The third kappa shape index (κ3) is 3.03. The number of fused-ring (bicyclic) bond motifs is 1. The Morgan fingerprint density at radius 2 is 1.88 bits per heavy atom. The minimum absolute atomic E-state index is 0.0294. The van der Waals surface area contributed by atoms with Crippen molar-refractivity contribution in [2.45, 2.75) is 51.4 Å². The fourth-order valence-electron chi connectivity index (χ4n) is 6.78. The largest absolute Gasteiger partial charge is 0.508 e. The van der Waals surface area contributed by atoms with E-state index in [1.54, 1.807) is 13.0 Å². The Morgan fingerprint density at radius 3 is 2.55 bits per heavy atom. The average molecular weight is 450 g/mol. The average Bonchev–Trinajstić information content (AvgIpc) is 3.05. The van der Waals surface area contributed by atoms with Crippen molar-refractivity contribution < 1.29 is 24.1 Å². The van der Waals surface area contributed by atoms with Crippen molar-refractivity contribution in [2.75, 3.05) is 13.2 Å². The Labute approximate surface area is 191 Å². The molecule has 2 bridgehead atoms. The Hall–Kier alpha value is -2.86. The van der Waals surface area contributed by atoms with Crippen LogP contribution in [0, 0.1) is 23.6 Å². The first-order chi connectivity index (χ1) is 15.8. The van der Waals surface area contributed by atoms with Crippen molar-refractivity contribution in [3.8, 4) is 11.4 Å². The minimum Gasteiger partial charge on any atom is -0.508 e. The SMILES string of the molecule is Cc1cc(-n2c(C3CCOCC3)c(CC34CC(C(=O)O)(C3)C4)c3cc(O)ccc32)ccc1F. The number of halogens is 1. The van der Waals surface area contributed by atoms with E-state index in [0.29, 0.717) is 18.8 Å². The molecule has 4 aliphatic rings. The molecule has 3 aliphatic carbocycles.